The van der Waals surface area contributed by atoms with E-state index in [9.17, 15) is 0 Å². The highest BCUT2D eigenvalue weighted by Crippen LogP contribution is 2.26. The lowest BCUT2D eigenvalue weighted by atomic mass is 10.2. The number of anilines is 1. The molecule has 25 heavy (non-hydrogen) atoms. The summed E-state index contributed by atoms with van der Waals surface area (Å²) in [7, 11) is 0. The summed E-state index contributed by atoms with van der Waals surface area (Å²) >= 11 is 1.44. The molecule has 6 heteroatoms. The Hall–Kier alpha value is -2.31. The van der Waals surface area contributed by atoms with Gasteiger partial charge in [0.05, 0.1) is 6.10 Å². The molecule has 0 unspecified atom stereocenters. The van der Waals surface area contributed by atoms with E-state index in [0.717, 1.165) is 54.6 Å². The standard InChI is InChI=1S/C19H20N4OS/c1-2-7-16(8-3-1)18-21-19(25-22-18)23(14-17-9-5-11-24-17)13-15-6-4-10-20-12-15/h1-4,6-8,10,12,17H,5,9,11,13-14H2/t17-/m0/s1. The van der Waals surface area contributed by atoms with Crippen LogP contribution in [0.25, 0.3) is 11.4 Å². The van der Waals surface area contributed by atoms with Gasteiger partial charge in [0, 0.05) is 49.2 Å². The first-order chi connectivity index (χ1) is 12.4. The van der Waals surface area contributed by atoms with Crippen LogP contribution >= 0.6 is 11.5 Å². The van der Waals surface area contributed by atoms with Crippen molar-refractivity contribution in [2.24, 2.45) is 0 Å². The normalized spacial score (nSPS) is 16.9. The first-order valence-electron chi connectivity index (χ1n) is 8.53. The fourth-order valence-corrected chi connectivity index (χ4v) is 3.70. The highest BCUT2D eigenvalue weighted by Gasteiger charge is 2.22. The van der Waals surface area contributed by atoms with Crippen molar-refractivity contribution < 1.29 is 4.74 Å². The lowest BCUT2D eigenvalue weighted by molar-refractivity contribution is 0.115. The van der Waals surface area contributed by atoms with Crippen molar-refractivity contribution in [1.29, 1.82) is 0 Å². The van der Waals surface area contributed by atoms with E-state index in [0.29, 0.717) is 0 Å². The molecular weight excluding hydrogens is 332 g/mol. The summed E-state index contributed by atoms with van der Waals surface area (Å²) in [6.07, 6.45) is 6.21. The van der Waals surface area contributed by atoms with Crippen LogP contribution in [0.4, 0.5) is 5.13 Å². The van der Waals surface area contributed by atoms with E-state index in [1.54, 1.807) is 6.20 Å². The van der Waals surface area contributed by atoms with Gasteiger partial charge >= 0.3 is 0 Å². The highest BCUT2D eigenvalue weighted by atomic mass is 32.1. The maximum absolute atomic E-state index is 5.83. The maximum Gasteiger partial charge on any atom is 0.205 e. The number of rotatable bonds is 6. The minimum absolute atomic E-state index is 0.265. The lowest BCUT2D eigenvalue weighted by Gasteiger charge is -2.24. The molecular formula is C19H20N4OS. The molecule has 1 aromatic carbocycles. The average molecular weight is 352 g/mol. The summed E-state index contributed by atoms with van der Waals surface area (Å²) in [5.41, 5.74) is 2.21. The number of benzene rings is 1. The van der Waals surface area contributed by atoms with Crippen molar-refractivity contribution in [3.05, 3.63) is 60.4 Å². The molecule has 0 spiro atoms. The van der Waals surface area contributed by atoms with Crippen molar-refractivity contribution in [2.45, 2.75) is 25.5 Å². The third-order valence-corrected chi connectivity index (χ3v) is 5.04. The van der Waals surface area contributed by atoms with Gasteiger partial charge in [-0.25, -0.2) is 0 Å². The van der Waals surface area contributed by atoms with Crippen LogP contribution in [0.1, 0.15) is 18.4 Å². The summed E-state index contributed by atoms with van der Waals surface area (Å²) < 4.78 is 10.4. The van der Waals surface area contributed by atoms with Crippen molar-refractivity contribution in [3.63, 3.8) is 0 Å². The Labute approximate surface area is 151 Å². The second-order valence-corrected chi connectivity index (χ2v) is 6.87. The van der Waals surface area contributed by atoms with Crippen molar-refractivity contribution >= 4 is 16.7 Å². The van der Waals surface area contributed by atoms with Gasteiger partial charge in [0.15, 0.2) is 5.82 Å². The summed E-state index contributed by atoms with van der Waals surface area (Å²) in [6, 6.07) is 14.2. The molecule has 1 aliphatic heterocycles. The minimum atomic E-state index is 0.265. The number of nitrogens with zero attached hydrogens (tertiary/aromatic N) is 4. The molecule has 2 aromatic heterocycles. The van der Waals surface area contributed by atoms with E-state index in [1.807, 2.05) is 42.6 Å². The van der Waals surface area contributed by atoms with E-state index >= 15 is 0 Å². The molecule has 0 saturated carbocycles. The van der Waals surface area contributed by atoms with Crippen LogP contribution in [-0.2, 0) is 11.3 Å². The number of pyridine rings is 1. The fraction of sp³-hybridized carbons (Fsp3) is 0.316. The molecule has 0 amide bonds. The second-order valence-electron chi connectivity index (χ2n) is 6.14. The maximum atomic E-state index is 5.83. The first kappa shape index (κ1) is 16.2. The molecule has 3 heterocycles. The molecule has 1 saturated heterocycles. The zero-order valence-electron chi connectivity index (χ0n) is 13.9. The molecule has 0 radical (unpaired) electrons. The van der Waals surface area contributed by atoms with Gasteiger partial charge in [-0.15, -0.1) is 0 Å². The highest BCUT2D eigenvalue weighted by molar-refractivity contribution is 7.09. The zero-order chi connectivity index (χ0) is 16.9. The Morgan fingerprint density at radius 2 is 2.08 bits per heavy atom. The summed E-state index contributed by atoms with van der Waals surface area (Å²) in [6.45, 7) is 2.45. The Kier molecular flexibility index (Phi) is 4.99. The van der Waals surface area contributed by atoms with Gasteiger partial charge in [0.1, 0.15) is 0 Å². The van der Waals surface area contributed by atoms with Crippen LogP contribution in [0.5, 0.6) is 0 Å². The average Bonchev–Trinajstić information content (AvgIpc) is 3.35. The van der Waals surface area contributed by atoms with E-state index < -0.39 is 0 Å². The largest absolute Gasteiger partial charge is 0.376 e. The zero-order valence-corrected chi connectivity index (χ0v) is 14.7. The predicted octanol–water partition coefficient (Wildman–Crippen LogP) is 3.79. The SMILES string of the molecule is c1ccc(-c2nsc(N(Cc3cccnc3)C[C@@H]3CCCO3)n2)cc1. The smallest absolute Gasteiger partial charge is 0.205 e. The topological polar surface area (TPSA) is 51.1 Å². The lowest BCUT2D eigenvalue weighted by Crippen LogP contribution is -2.31. The van der Waals surface area contributed by atoms with Gasteiger partial charge in [0.25, 0.3) is 0 Å². The van der Waals surface area contributed by atoms with Gasteiger partial charge in [-0.2, -0.15) is 9.36 Å². The number of hydrogen-bond donors (Lipinski definition) is 0. The Bertz CT molecular complexity index is 787. The van der Waals surface area contributed by atoms with E-state index in [1.165, 1.54) is 11.5 Å². The van der Waals surface area contributed by atoms with Crippen LogP contribution in [0.2, 0.25) is 0 Å². The van der Waals surface area contributed by atoms with Gasteiger partial charge in [0.2, 0.25) is 5.13 Å². The second kappa shape index (κ2) is 7.72. The Morgan fingerprint density at radius 3 is 2.84 bits per heavy atom. The van der Waals surface area contributed by atoms with E-state index in [2.05, 4.69) is 20.3 Å². The number of aromatic nitrogens is 3. The van der Waals surface area contributed by atoms with Gasteiger partial charge in [-0.05, 0) is 24.5 Å². The van der Waals surface area contributed by atoms with Crippen LogP contribution in [0.3, 0.4) is 0 Å². The third-order valence-electron chi connectivity index (χ3n) is 4.26. The summed E-state index contributed by atoms with van der Waals surface area (Å²) in [5, 5.41) is 0.929. The molecule has 0 bridgehead atoms. The molecule has 3 aromatic rings. The Balaban J connectivity index is 1.57. The molecule has 5 nitrogen and oxygen atoms in total. The van der Waals surface area contributed by atoms with Crippen molar-refractivity contribution in [2.75, 3.05) is 18.1 Å². The van der Waals surface area contributed by atoms with Crippen LogP contribution in [-0.4, -0.2) is 33.6 Å². The van der Waals surface area contributed by atoms with Crippen LogP contribution < -0.4 is 4.90 Å². The van der Waals surface area contributed by atoms with Crippen LogP contribution in [0.15, 0.2) is 54.9 Å². The fourth-order valence-electron chi connectivity index (χ4n) is 3.00. The van der Waals surface area contributed by atoms with E-state index in [-0.39, 0.29) is 6.10 Å². The Morgan fingerprint density at radius 1 is 1.16 bits per heavy atom. The molecule has 1 aliphatic rings. The van der Waals surface area contributed by atoms with Crippen LogP contribution in [0, 0.1) is 0 Å². The third kappa shape index (κ3) is 4.03. The first-order valence-corrected chi connectivity index (χ1v) is 9.30. The number of ether oxygens (including phenoxy) is 1. The van der Waals surface area contributed by atoms with Crippen molar-refractivity contribution in [3.8, 4) is 11.4 Å². The quantitative estimate of drug-likeness (QED) is 0.676. The van der Waals surface area contributed by atoms with Crippen molar-refractivity contribution in [1.82, 2.24) is 14.3 Å². The molecule has 128 valence electrons. The molecule has 1 atom stereocenters. The predicted molar refractivity (Wildman–Crippen MR) is 99.6 cm³/mol. The summed E-state index contributed by atoms with van der Waals surface area (Å²) in [4.78, 5) is 11.3. The summed E-state index contributed by atoms with van der Waals surface area (Å²) in [5.74, 6) is 0.782. The molecule has 1 fully saturated rings. The van der Waals surface area contributed by atoms with Gasteiger partial charge in [-0.3, -0.25) is 4.98 Å². The van der Waals surface area contributed by atoms with Gasteiger partial charge in [-0.1, -0.05) is 36.4 Å². The molecule has 0 aliphatic carbocycles. The van der Waals surface area contributed by atoms with Gasteiger partial charge < -0.3 is 9.64 Å². The number of hydrogen-bond acceptors (Lipinski definition) is 6. The monoisotopic (exact) mass is 352 g/mol. The molecule has 0 N–H and O–H groups in total. The minimum Gasteiger partial charge on any atom is -0.376 e. The van der Waals surface area contributed by atoms with E-state index in [4.69, 9.17) is 9.72 Å². The molecule has 4 rings (SSSR count).